The van der Waals surface area contributed by atoms with Gasteiger partial charge < -0.3 is 15.0 Å². The van der Waals surface area contributed by atoms with Crippen LogP contribution in [0.1, 0.15) is 29.8 Å². The summed E-state index contributed by atoms with van der Waals surface area (Å²) in [6.07, 6.45) is 2.77. The second-order valence-electron chi connectivity index (χ2n) is 3.99. The maximum absolute atomic E-state index is 11.9. The molecule has 0 radical (unpaired) electrons. The average Bonchev–Trinajstić information content (AvgIpc) is 2.83. The molecule has 0 saturated carbocycles. The summed E-state index contributed by atoms with van der Waals surface area (Å²) < 4.78 is 0. The van der Waals surface area contributed by atoms with E-state index in [4.69, 9.17) is 11.6 Å². The first kappa shape index (κ1) is 14.5. The molecule has 100 valence electrons. The Morgan fingerprint density at radius 3 is 2.72 bits per heavy atom. The lowest BCUT2D eigenvalue weighted by atomic mass is 10.2. The standard InChI is InChI=1S/C11H16ClN3O3/c1-14(8-4-2-3-7-12)11(16)9-5-6-10(13-9)15(17)18/h5-6,13H,2-4,7-8H2,1H3. The lowest BCUT2D eigenvalue weighted by molar-refractivity contribution is -0.389. The molecule has 0 saturated heterocycles. The molecule has 0 unspecified atom stereocenters. The quantitative estimate of drug-likeness (QED) is 0.358. The molecule has 0 atom stereocenters. The van der Waals surface area contributed by atoms with Crippen LogP contribution in [0.3, 0.4) is 0 Å². The molecule has 6 nitrogen and oxygen atoms in total. The van der Waals surface area contributed by atoms with E-state index in [2.05, 4.69) is 4.98 Å². The number of carbonyl (C=O) groups is 1. The highest BCUT2D eigenvalue weighted by Gasteiger charge is 2.18. The highest BCUT2D eigenvalue weighted by Crippen LogP contribution is 2.11. The minimum absolute atomic E-state index is 0.172. The predicted octanol–water partition coefficient (Wildman–Crippen LogP) is 2.40. The Bertz CT molecular complexity index is 419. The highest BCUT2D eigenvalue weighted by molar-refractivity contribution is 6.17. The van der Waals surface area contributed by atoms with Gasteiger partial charge in [-0.3, -0.25) is 4.79 Å². The number of hydrogen-bond acceptors (Lipinski definition) is 3. The number of nitro groups is 1. The molecule has 0 aliphatic rings. The van der Waals surface area contributed by atoms with Crippen molar-refractivity contribution < 1.29 is 9.72 Å². The number of rotatable bonds is 7. The first-order chi connectivity index (χ1) is 8.56. The van der Waals surface area contributed by atoms with Crippen molar-refractivity contribution >= 4 is 23.3 Å². The number of nitrogens with zero attached hydrogens (tertiary/aromatic N) is 2. The summed E-state index contributed by atoms with van der Waals surface area (Å²) in [6.45, 7) is 0.614. The summed E-state index contributed by atoms with van der Waals surface area (Å²) in [7, 11) is 1.68. The molecule has 1 amide bonds. The third-order valence-electron chi connectivity index (χ3n) is 2.57. The Hall–Kier alpha value is -1.56. The van der Waals surface area contributed by atoms with Gasteiger partial charge in [-0.1, -0.05) is 6.42 Å². The lowest BCUT2D eigenvalue weighted by Crippen LogP contribution is -2.28. The average molecular weight is 274 g/mol. The molecular formula is C11H16ClN3O3. The van der Waals surface area contributed by atoms with Gasteiger partial charge in [0.2, 0.25) is 0 Å². The van der Waals surface area contributed by atoms with Crippen molar-refractivity contribution in [1.82, 2.24) is 9.88 Å². The fourth-order valence-corrected chi connectivity index (χ4v) is 1.73. The van der Waals surface area contributed by atoms with Gasteiger partial charge in [-0.25, -0.2) is 4.98 Å². The van der Waals surface area contributed by atoms with E-state index in [1.165, 1.54) is 12.1 Å². The molecular weight excluding hydrogens is 258 g/mol. The molecule has 1 rings (SSSR count). The van der Waals surface area contributed by atoms with E-state index in [9.17, 15) is 14.9 Å². The lowest BCUT2D eigenvalue weighted by Gasteiger charge is -2.14. The van der Waals surface area contributed by atoms with Gasteiger partial charge in [-0.05, 0) is 23.8 Å². The molecule has 18 heavy (non-hydrogen) atoms. The van der Waals surface area contributed by atoms with Gasteiger partial charge in [0.15, 0.2) is 5.69 Å². The maximum atomic E-state index is 11.9. The predicted molar refractivity (Wildman–Crippen MR) is 69.0 cm³/mol. The van der Waals surface area contributed by atoms with Crippen LogP contribution in [0.25, 0.3) is 0 Å². The van der Waals surface area contributed by atoms with E-state index in [1.807, 2.05) is 0 Å². The Labute approximate surface area is 110 Å². The van der Waals surface area contributed by atoms with E-state index in [0.29, 0.717) is 12.4 Å². The van der Waals surface area contributed by atoms with Gasteiger partial charge in [-0.15, -0.1) is 11.6 Å². The van der Waals surface area contributed by atoms with Crippen LogP contribution >= 0.6 is 11.6 Å². The van der Waals surface area contributed by atoms with Gasteiger partial charge in [0.05, 0.1) is 0 Å². The summed E-state index contributed by atoms with van der Waals surface area (Å²) in [5, 5.41) is 10.5. The third kappa shape index (κ3) is 4.03. The van der Waals surface area contributed by atoms with E-state index >= 15 is 0 Å². The van der Waals surface area contributed by atoms with Gasteiger partial charge in [0.1, 0.15) is 0 Å². The van der Waals surface area contributed by atoms with Crippen molar-refractivity contribution in [3.05, 3.63) is 27.9 Å². The Kier molecular flexibility index (Phi) is 5.64. The van der Waals surface area contributed by atoms with Crippen LogP contribution in [0.2, 0.25) is 0 Å². The number of alkyl halides is 1. The summed E-state index contributed by atoms with van der Waals surface area (Å²) in [5.74, 6) is 0.211. The third-order valence-corrected chi connectivity index (χ3v) is 2.84. The van der Waals surface area contributed by atoms with Crippen molar-refractivity contribution in [2.24, 2.45) is 0 Å². The maximum Gasteiger partial charge on any atom is 0.321 e. The monoisotopic (exact) mass is 273 g/mol. The van der Waals surface area contributed by atoms with E-state index in [1.54, 1.807) is 11.9 Å². The minimum Gasteiger partial charge on any atom is -0.358 e. The molecule has 0 bridgehead atoms. The molecule has 0 spiro atoms. The molecule has 1 aromatic heterocycles. The zero-order valence-electron chi connectivity index (χ0n) is 10.2. The molecule has 1 aromatic rings. The van der Waals surface area contributed by atoms with Crippen molar-refractivity contribution in [3.63, 3.8) is 0 Å². The zero-order valence-corrected chi connectivity index (χ0v) is 10.9. The number of amides is 1. The van der Waals surface area contributed by atoms with E-state index in [-0.39, 0.29) is 17.4 Å². The molecule has 1 heterocycles. The number of nitrogens with one attached hydrogen (secondary N) is 1. The van der Waals surface area contributed by atoms with E-state index < -0.39 is 4.92 Å². The first-order valence-corrected chi connectivity index (χ1v) is 6.24. The van der Waals surface area contributed by atoms with Crippen LogP contribution in [0.4, 0.5) is 5.82 Å². The molecule has 0 aliphatic carbocycles. The van der Waals surface area contributed by atoms with Gasteiger partial charge in [-0.2, -0.15) is 0 Å². The van der Waals surface area contributed by atoms with Crippen LogP contribution in [-0.2, 0) is 0 Å². The highest BCUT2D eigenvalue weighted by atomic mass is 35.5. The number of aromatic nitrogens is 1. The van der Waals surface area contributed by atoms with Gasteiger partial charge in [0, 0.05) is 25.5 Å². The SMILES string of the molecule is CN(CCCCCCl)C(=O)c1ccc([N+](=O)[O-])[nH]1. The number of carbonyl (C=O) groups excluding carboxylic acids is 1. The Morgan fingerprint density at radius 2 is 2.17 bits per heavy atom. The second kappa shape index (κ2) is 7.00. The van der Waals surface area contributed by atoms with Crippen molar-refractivity contribution in [3.8, 4) is 0 Å². The molecule has 0 fully saturated rings. The Morgan fingerprint density at radius 1 is 1.44 bits per heavy atom. The number of halogens is 1. The molecule has 7 heteroatoms. The van der Waals surface area contributed by atoms with Crippen molar-refractivity contribution in [2.45, 2.75) is 19.3 Å². The number of unbranched alkanes of at least 4 members (excludes halogenated alkanes) is 2. The van der Waals surface area contributed by atoms with Gasteiger partial charge >= 0.3 is 5.82 Å². The van der Waals surface area contributed by atoms with Crippen LogP contribution in [0.5, 0.6) is 0 Å². The zero-order chi connectivity index (χ0) is 13.5. The van der Waals surface area contributed by atoms with Crippen molar-refractivity contribution in [2.75, 3.05) is 19.5 Å². The summed E-state index contributed by atoms with van der Waals surface area (Å²) in [6, 6.07) is 2.71. The smallest absolute Gasteiger partial charge is 0.321 e. The molecule has 0 aromatic carbocycles. The van der Waals surface area contributed by atoms with Gasteiger partial charge in [0.25, 0.3) is 5.91 Å². The molecule has 0 aliphatic heterocycles. The Balaban J connectivity index is 2.49. The van der Waals surface area contributed by atoms with Crippen LogP contribution in [0, 0.1) is 10.1 Å². The summed E-state index contributed by atoms with van der Waals surface area (Å²) in [5.41, 5.74) is 0.238. The topological polar surface area (TPSA) is 79.2 Å². The van der Waals surface area contributed by atoms with Crippen LogP contribution in [-0.4, -0.2) is 40.2 Å². The summed E-state index contributed by atoms with van der Waals surface area (Å²) >= 11 is 5.56. The normalized spacial score (nSPS) is 10.3. The largest absolute Gasteiger partial charge is 0.358 e. The fraction of sp³-hybridized carbons (Fsp3) is 0.545. The number of hydrogen-bond donors (Lipinski definition) is 1. The first-order valence-electron chi connectivity index (χ1n) is 5.71. The second-order valence-corrected chi connectivity index (χ2v) is 4.37. The number of H-pyrrole nitrogens is 1. The van der Waals surface area contributed by atoms with Crippen molar-refractivity contribution in [1.29, 1.82) is 0 Å². The van der Waals surface area contributed by atoms with Crippen LogP contribution in [0.15, 0.2) is 12.1 Å². The van der Waals surface area contributed by atoms with Crippen LogP contribution < -0.4 is 0 Å². The minimum atomic E-state index is -0.558. The molecule has 1 N–H and O–H groups in total. The number of aromatic amines is 1. The fourth-order valence-electron chi connectivity index (χ4n) is 1.54. The van der Waals surface area contributed by atoms with E-state index in [0.717, 1.165) is 19.3 Å². The summed E-state index contributed by atoms with van der Waals surface area (Å²) in [4.78, 5) is 25.8.